The van der Waals surface area contributed by atoms with E-state index < -0.39 is 6.17 Å². The van der Waals surface area contributed by atoms with Crippen molar-refractivity contribution in [3.63, 3.8) is 0 Å². The van der Waals surface area contributed by atoms with Crippen LogP contribution in [0.3, 0.4) is 0 Å². The minimum Gasteiger partial charge on any atom is -0.493 e. The van der Waals surface area contributed by atoms with Gasteiger partial charge in [0.05, 0.1) is 19.3 Å². The Morgan fingerprint density at radius 1 is 1.06 bits per heavy atom. The van der Waals surface area contributed by atoms with E-state index in [-0.39, 0.29) is 11.4 Å². The van der Waals surface area contributed by atoms with E-state index >= 15 is 0 Å². The van der Waals surface area contributed by atoms with Gasteiger partial charge >= 0.3 is 0 Å². The largest absolute Gasteiger partial charge is 0.493 e. The Morgan fingerprint density at radius 3 is 2.63 bits per heavy atom. The van der Waals surface area contributed by atoms with E-state index in [1.807, 2.05) is 30.3 Å². The summed E-state index contributed by atoms with van der Waals surface area (Å²) in [6, 6.07) is 14.8. The van der Waals surface area contributed by atoms with Gasteiger partial charge in [0.1, 0.15) is 25.1 Å². The highest BCUT2D eigenvalue weighted by molar-refractivity contribution is 5.49. The van der Waals surface area contributed by atoms with E-state index in [9.17, 15) is 9.18 Å². The minimum absolute atomic E-state index is 0.237. The molecular weight excluding hydrogens is 451 g/mol. The maximum Gasteiger partial charge on any atom is 0.297 e. The summed E-state index contributed by atoms with van der Waals surface area (Å²) in [5.41, 5.74) is 0.356. The Balaban J connectivity index is 1.35. The molecular formula is C26H31FN4O4. The van der Waals surface area contributed by atoms with Gasteiger partial charge < -0.3 is 19.5 Å². The predicted molar refractivity (Wildman–Crippen MR) is 133 cm³/mol. The summed E-state index contributed by atoms with van der Waals surface area (Å²) in [6.45, 7) is 3.53. The van der Waals surface area contributed by atoms with Gasteiger partial charge in [0.2, 0.25) is 0 Å². The summed E-state index contributed by atoms with van der Waals surface area (Å²) in [5, 5.41) is 3.04. The minimum atomic E-state index is -0.685. The Kier molecular flexibility index (Phi) is 8.56. The second kappa shape index (κ2) is 12.2. The Morgan fingerprint density at radius 2 is 1.86 bits per heavy atom. The molecule has 2 aromatic carbocycles. The van der Waals surface area contributed by atoms with Crippen LogP contribution in [0, 0.1) is 0 Å². The maximum absolute atomic E-state index is 13.3. The lowest BCUT2D eigenvalue weighted by Gasteiger charge is -2.28. The van der Waals surface area contributed by atoms with Gasteiger partial charge in [-0.25, -0.2) is 9.37 Å². The van der Waals surface area contributed by atoms with Gasteiger partial charge in [0.25, 0.3) is 5.56 Å². The third-order valence-electron chi connectivity index (χ3n) is 5.85. The lowest BCUT2D eigenvalue weighted by Crippen LogP contribution is -2.37. The first-order valence-corrected chi connectivity index (χ1v) is 11.8. The SMILES string of the molecule is COc1cc(-n2ccnc(NCCOc3ccccc3)c2=O)ccc1OCCN1CCC(F)CC1. The molecule has 0 aliphatic carbocycles. The highest BCUT2D eigenvalue weighted by Crippen LogP contribution is 2.29. The van der Waals surface area contributed by atoms with Crippen LogP contribution in [0.25, 0.3) is 5.69 Å². The number of nitrogens with zero attached hydrogens (tertiary/aromatic N) is 3. The van der Waals surface area contributed by atoms with Gasteiger partial charge in [-0.2, -0.15) is 0 Å². The molecule has 0 unspecified atom stereocenters. The molecule has 0 amide bonds. The van der Waals surface area contributed by atoms with Crippen molar-refractivity contribution >= 4 is 5.82 Å². The molecule has 1 aliphatic heterocycles. The highest BCUT2D eigenvalue weighted by atomic mass is 19.1. The molecule has 9 heteroatoms. The average molecular weight is 483 g/mol. The van der Waals surface area contributed by atoms with E-state index in [1.165, 1.54) is 4.57 Å². The molecule has 1 saturated heterocycles. The summed E-state index contributed by atoms with van der Waals surface area (Å²) in [4.78, 5) is 19.4. The van der Waals surface area contributed by atoms with Gasteiger partial charge in [-0.1, -0.05) is 18.2 Å². The van der Waals surface area contributed by atoms with Gasteiger partial charge in [0, 0.05) is 38.1 Å². The third kappa shape index (κ3) is 6.73. The van der Waals surface area contributed by atoms with Crippen LogP contribution in [0.1, 0.15) is 12.8 Å². The molecule has 1 fully saturated rings. The van der Waals surface area contributed by atoms with Gasteiger partial charge in [0.15, 0.2) is 17.3 Å². The molecule has 0 atom stereocenters. The number of rotatable bonds is 11. The lowest BCUT2D eigenvalue weighted by atomic mass is 10.1. The van der Waals surface area contributed by atoms with Crippen molar-refractivity contribution in [1.82, 2.24) is 14.5 Å². The topological polar surface area (TPSA) is 77.8 Å². The quantitative estimate of drug-likeness (QED) is 0.419. The number of alkyl halides is 1. The number of anilines is 1. The predicted octanol–water partition coefficient (Wildman–Crippen LogP) is 3.54. The molecule has 1 aromatic heterocycles. The number of ether oxygens (including phenoxy) is 3. The van der Waals surface area contributed by atoms with Crippen LogP contribution < -0.4 is 25.1 Å². The summed E-state index contributed by atoms with van der Waals surface area (Å²) in [5.74, 6) is 2.13. The number of methoxy groups -OCH3 is 1. The molecule has 186 valence electrons. The van der Waals surface area contributed by atoms with Crippen molar-refractivity contribution in [1.29, 1.82) is 0 Å². The molecule has 0 saturated carbocycles. The van der Waals surface area contributed by atoms with E-state index in [0.29, 0.717) is 49.8 Å². The van der Waals surface area contributed by atoms with E-state index in [0.717, 1.165) is 25.4 Å². The van der Waals surface area contributed by atoms with Crippen LogP contribution in [0.5, 0.6) is 17.2 Å². The zero-order chi connectivity index (χ0) is 24.5. The highest BCUT2D eigenvalue weighted by Gasteiger charge is 2.18. The zero-order valence-corrected chi connectivity index (χ0v) is 19.9. The molecule has 35 heavy (non-hydrogen) atoms. The van der Waals surface area contributed by atoms with Crippen molar-refractivity contribution in [2.45, 2.75) is 19.0 Å². The number of piperidine rings is 1. The first kappa shape index (κ1) is 24.5. The maximum atomic E-state index is 13.3. The zero-order valence-electron chi connectivity index (χ0n) is 19.9. The Labute approximate surface area is 204 Å². The second-order valence-corrected chi connectivity index (χ2v) is 8.24. The van der Waals surface area contributed by atoms with Gasteiger partial charge in [-0.15, -0.1) is 0 Å². The van der Waals surface area contributed by atoms with Crippen LogP contribution in [0.4, 0.5) is 10.2 Å². The summed E-state index contributed by atoms with van der Waals surface area (Å²) >= 11 is 0. The number of aromatic nitrogens is 2. The third-order valence-corrected chi connectivity index (χ3v) is 5.85. The van der Waals surface area contributed by atoms with Crippen molar-refractivity contribution in [2.24, 2.45) is 0 Å². The number of hydrogen-bond donors (Lipinski definition) is 1. The summed E-state index contributed by atoms with van der Waals surface area (Å²) < 4.78 is 31.9. The fourth-order valence-corrected chi connectivity index (χ4v) is 3.93. The van der Waals surface area contributed by atoms with Gasteiger partial charge in [-0.3, -0.25) is 14.3 Å². The number of halogens is 1. The molecule has 1 N–H and O–H groups in total. The van der Waals surface area contributed by atoms with Crippen molar-refractivity contribution in [2.75, 3.05) is 51.8 Å². The molecule has 0 radical (unpaired) electrons. The number of benzene rings is 2. The average Bonchev–Trinajstić information content (AvgIpc) is 2.89. The first-order valence-electron chi connectivity index (χ1n) is 11.8. The number of para-hydroxylation sites is 1. The molecule has 0 bridgehead atoms. The first-order chi connectivity index (χ1) is 17.1. The van der Waals surface area contributed by atoms with Crippen LogP contribution in [0.15, 0.2) is 65.7 Å². The number of likely N-dealkylation sites (tertiary alicyclic amines) is 1. The van der Waals surface area contributed by atoms with Crippen molar-refractivity contribution < 1.29 is 18.6 Å². The van der Waals surface area contributed by atoms with E-state index in [2.05, 4.69) is 15.2 Å². The van der Waals surface area contributed by atoms with Crippen LogP contribution in [0.2, 0.25) is 0 Å². The molecule has 2 heterocycles. The monoisotopic (exact) mass is 482 g/mol. The van der Waals surface area contributed by atoms with E-state index in [1.54, 1.807) is 37.7 Å². The number of hydrogen-bond acceptors (Lipinski definition) is 7. The molecule has 8 nitrogen and oxygen atoms in total. The molecule has 1 aliphatic rings. The van der Waals surface area contributed by atoms with Crippen molar-refractivity contribution in [3.05, 3.63) is 71.3 Å². The van der Waals surface area contributed by atoms with E-state index in [4.69, 9.17) is 14.2 Å². The normalized spacial score (nSPS) is 14.5. The second-order valence-electron chi connectivity index (χ2n) is 8.24. The Hall–Kier alpha value is -3.59. The summed E-state index contributed by atoms with van der Waals surface area (Å²) in [6.07, 6.45) is 3.65. The fourth-order valence-electron chi connectivity index (χ4n) is 3.93. The fraction of sp³-hybridized carbons (Fsp3) is 0.385. The van der Waals surface area contributed by atoms with Gasteiger partial charge in [-0.05, 0) is 37.1 Å². The molecule has 0 spiro atoms. The van der Waals surface area contributed by atoms with Crippen LogP contribution in [-0.2, 0) is 0 Å². The summed E-state index contributed by atoms with van der Waals surface area (Å²) in [7, 11) is 1.56. The van der Waals surface area contributed by atoms with Crippen molar-refractivity contribution in [3.8, 4) is 22.9 Å². The van der Waals surface area contributed by atoms with Crippen LogP contribution in [-0.4, -0.2) is 67.1 Å². The smallest absolute Gasteiger partial charge is 0.297 e. The standard InChI is InChI=1S/C26H31FN4O4/c1-33-24-19-21(7-8-23(24)35-18-16-30-13-9-20(27)10-14-30)31-15-11-28-25(26(31)32)29-12-17-34-22-5-3-2-4-6-22/h2-8,11,15,19-20H,9-10,12-14,16-18H2,1H3,(H,28,29). The lowest BCUT2D eigenvalue weighted by molar-refractivity contribution is 0.131. The molecule has 3 aromatic rings. The van der Waals surface area contributed by atoms with Crippen LogP contribution >= 0.6 is 0 Å². The number of nitrogens with one attached hydrogen (secondary N) is 1. The Bertz CT molecular complexity index is 1130. The molecule has 4 rings (SSSR count).